The highest BCUT2D eigenvalue weighted by atomic mass is 14.9. The number of benzene rings is 2. The third kappa shape index (κ3) is 3.19. The van der Waals surface area contributed by atoms with Crippen molar-refractivity contribution in [3.63, 3.8) is 0 Å². The highest BCUT2D eigenvalue weighted by molar-refractivity contribution is 5.40. The van der Waals surface area contributed by atoms with Gasteiger partial charge in [0.2, 0.25) is 0 Å². The summed E-state index contributed by atoms with van der Waals surface area (Å²) in [5, 5.41) is 3.65. The lowest BCUT2D eigenvalue weighted by Gasteiger charge is -2.31. The Labute approximate surface area is 128 Å². The van der Waals surface area contributed by atoms with E-state index < -0.39 is 0 Å². The van der Waals surface area contributed by atoms with E-state index in [1.54, 1.807) is 5.56 Å². The topological polar surface area (TPSA) is 12.0 Å². The van der Waals surface area contributed by atoms with Crippen LogP contribution in [-0.4, -0.2) is 6.54 Å². The van der Waals surface area contributed by atoms with Gasteiger partial charge in [-0.25, -0.2) is 0 Å². The van der Waals surface area contributed by atoms with Gasteiger partial charge in [-0.15, -0.1) is 0 Å². The molecule has 0 saturated carbocycles. The molecule has 0 fully saturated rings. The zero-order valence-electron chi connectivity index (χ0n) is 13.1. The van der Waals surface area contributed by atoms with Gasteiger partial charge in [0.25, 0.3) is 0 Å². The fraction of sp³-hybridized carbons (Fsp3) is 0.400. The van der Waals surface area contributed by atoms with Crippen molar-refractivity contribution in [1.29, 1.82) is 0 Å². The zero-order chi connectivity index (χ0) is 14.7. The zero-order valence-corrected chi connectivity index (χ0v) is 13.1. The summed E-state index contributed by atoms with van der Waals surface area (Å²) in [6.45, 7) is 5.60. The molecular weight excluding hydrogens is 254 g/mol. The van der Waals surface area contributed by atoms with Crippen molar-refractivity contribution >= 4 is 0 Å². The Morgan fingerprint density at radius 1 is 0.952 bits per heavy atom. The Hall–Kier alpha value is -1.60. The van der Waals surface area contributed by atoms with Crippen LogP contribution in [0.25, 0.3) is 0 Å². The quantitative estimate of drug-likeness (QED) is 0.845. The van der Waals surface area contributed by atoms with Crippen LogP contribution in [0.5, 0.6) is 0 Å². The minimum absolute atomic E-state index is 0.539. The van der Waals surface area contributed by atoms with Gasteiger partial charge in [0, 0.05) is 6.04 Å². The van der Waals surface area contributed by atoms with Gasteiger partial charge in [-0.2, -0.15) is 0 Å². The molecule has 0 amide bonds. The number of hydrogen-bond acceptors (Lipinski definition) is 1. The van der Waals surface area contributed by atoms with Gasteiger partial charge in [-0.1, -0.05) is 62.4 Å². The summed E-state index contributed by atoms with van der Waals surface area (Å²) in [7, 11) is 0. The monoisotopic (exact) mass is 279 g/mol. The molecule has 2 aromatic carbocycles. The van der Waals surface area contributed by atoms with Crippen LogP contribution in [0.1, 0.15) is 60.9 Å². The largest absolute Gasteiger partial charge is 0.310 e. The fourth-order valence-electron chi connectivity index (χ4n) is 3.50. The van der Waals surface area contributed by atoms with Gasteiger partial charge in [0.1, 0.15) is 0 Å². The minimum atomic E-state index is 0.539. The molecule has 1 aliphatic rings. The molecule has 3 rings (SSSR count). The fourth-order valence-corrected chi connectivity index (χ4v) is 3.50. The lowest BCUT2D eigenvalue weighted by atomic mass is 9.80. The number of hydrogen-bond donors (Lipinski definition) is 1. The summed E-state index contributed by atoms with van der Waals surface area (Å²) < 4.78 is 0. The van der Waals surface area contributed by atoms with E-state index in [2.05, 4.69) is 67.7 Å². The Bertz CT molecular complexity index is 588. The Morgan fingerprint density at radius 2 is 1.76 bits per heavy atom. The molecule has 110 valence electrons. The predicted molar refractivity (Wildman–Crippen MR) is 89.8 cm³/mol. The maximum Gasteiger partial charge on any atom is 0.0323 e. The Morgan fingerprint density at radius 3 is 2.52 bits per heavy atom. The van der Waals surface area contributed by atoms with Gasteiger partial charge < -0.3 is 5.32 Å². The number of nitrogens with one attached hydrogen (secondary N) is 1. The second-order valence-electron chi connectivity index (χ2n) is 6.21. The average Bonchev–Trinajstić information content (AvgIpc) is 2.51. The maximum absolute atomic E-state index is 3.65. The van der Waals surface area contributed by atoms with Crippen LogP contribution in [0.4, 0.5) is 0 Å². The molecule has 1 aliphatic carbocycles. The van der Waals surface area contributed by atoms with Gasteiger partial charge >= 0.3 is 0 Å². The number of rotatable bonds is 4. The van der Waals surface area contributed by atoms with Crippen molar-refractivity contribution in [3.05, 3.63) is 70.8 Å². The average molecular weight is 279 g/mol. The van der Waals surface area contributed by atoms with Crippen LogP contribution in [0.2, 0.25) is 0 Å². The first-order chi connectivity index (χ1) is 10.3. The molecule has 0 saturated heterocycles. The van der Waals surface area contributed by atoms with E-state index in [4.69, 9.17) is 0 Å². The molecule has 0 radical (unpaired) electrons. The van der Waals surface area contributed by atoms with E-state index in [9.17, 15) is 0 Å². The molecule has 2 unspecified atom stereocenters. The maximum atomic E-state index is 3.65. The van der Waals surface area contributed by atoms with Crippen molar-refractivity contribution < 1.29 is 0 Å². The summed E-state index contributed by atoms with van der Waals surface area (Å²) >= 11 is 0. The second-order valence-corrected chi connectivity index (χ2v) is 6.21. The van der Waals surface area contributed by atoms with Crippen molar-refractivity contribution in [2.75, 3.05) is 6.54 Å². The molecule has 0 heterocycles. The normalized spacial score (nSPS) is 21.0. The first-order valence-electron chi connectivity index (χ1n) is 8.18. The van der Waals surface area contributed by atoms with E-state index in [0.717, 1.165) is 13.0 Å². The van der Waals surface area contributed by atoms with E-state index in [-0.39, 0.29) is 0 Å². The van der Waals surface area contributed by atoms with Gasteiger partial charge in [0.05, 0.1) is 0 Å². The highest BCUT2D eigenvalue weighted by Crippen LogP contribution is 2.37. The van der Waals surface area contributed by atoms with Crippen LogP contribution < -0.4 is 5.32 Å². The van der Waals surface area contributed by atoms with E-state index in [1.807, 2.05) is 0 Å². The molecule has 0 bridgehead atoms. The van der Waals surface area contributed by atoms with Crippen LogP contribution >= 0.6 is 0 Å². The van der Waals surface area contributed by atoms with Gasteiger partial charge in [-0.05, 0) is 54.0 Å². The Balaban J connectivity index is 1.89. The van der Waals surface area contributed by atoms with Gasteiger partial charge in [-0.3, -0.25) is 0 Å². The second kappa shape index (κ2) is 6.44. The summed E-state index contributed by atoms with van der Waals surface area (Å²) in [6.07, 6.45) is 3.58. The summed E-state index contributed by atoms with van der Waals surface area (Å²) in [5.74, 6) is 0.695. The standard InChI is InChI=1S/C20H25N/c1-3-21-20-12-9-15(2)18-11-10-17(14-19(18)20)13-16-7-5-4-6-8-16/h4-8,10-11,14-15,20-21H,3,9,12-13H2,1-2H3. The molecule has 21 heavy (non-hydrogen) atoms. The van der Waals surface area contributed by atoms with E-state index >= 15 is 0 Å². The lowest BCUT2D eigenvalue weighted by Crippen LogP contribution is -2.26. The molecule has 1 N–H and O–H groups in total. The summed E-state index contributed by atoms with van der Waals surface area (Å²) in [4.78, 5) is 0. The summed E-state index contributed by atoms with van der Waals surface area (Å²) in [6, 6.07) is 18.4. The summed E-state index contributed by atoms with van der Waals surface area (Å²) in [5.41, 5.74) is 5.89. The first kappa shape index (κ1) is 14.3. The predicted octanol–water partition coefficient (Wildman–Crippen LogP) is 4.83. The van der Waals surface area contributed by atoms with Crippen molar-refractivity contribution in [3.8, 4) is 0 Å². The van der Waals surface area contributed by atoms with Crippen molar-refractivity contribution in [2.24, 2.45) is 0 Å². The molecule has 0 spiro atoms. The van der Waals surface area contributed by atoms with Crippen LogP contribution in [0.15, 0.2) is 48.5 Å². The third-order valence-corrected chi connectivity index (χ3v) is 4.65. The number of fused-ring (bicyclic) bond motifs is 1. The lowest BCUT2D eigenvalue weighted by molar-refractivity contribution is 0.441. The smallest absolute Gasteiger partial charge is 0.0323 e. The van der Waals surface area contributed by atoms with Gasteiger partial charge in [0.15, 0.2) is 0 Å². The molecule has 0 aromatic heterocycles. The molecule has 2 aromatic rings. The third-order valence-electron chi connectivity index (χ3n) is 4.65. The molecule has 1 heteroatoms. The van der Waals surface area contributed by atoms with Crippen LogP contribution in [-0.2, 0) is 6.42 Å². The SMILES string of the molecule is CCNC1CCC(C)c2ccc(Cc3ccccc3)cc21. The Kier molecular flexibility index (Phi) is 4.40. The first-order valence-corrected chi connectivity index (χ1v) is 8.18. The van der Waals surface area contributed by atoms with Crippen LogP contribution in [0, 0.1) is 0 Å². The van der Waals surface area contributed by atoms with E-state index in [1.165, 1.54) is 29.5 Å². The van der Waals surface area contributed by atoms with Crippen LogP contribution in [0.3, 0.4) is 0 Å². The van der Waals surface area contributed by atoms with Crippen molar-refractivity contribution in [2.45, 2.75) is 45.1 Å². The highest BCUT2D eigenvalue weighted by Gasteiger charge is 2.24. The van der Waals surface area contributed by atoms with E-state index in [0.29, 0.717) is 12.0 Å². The molecule has 2 atom stereocenters. The van der Waals surface area contributed by atoms with Crippen molar-refractivity contribution in [1.82, 2.24) is 5.32 Å². The molecule has 1 nitrogen and oxygen atoms in total. The molecular formula is C20H25N. The molecule has 0 aliphatic heterocycles. The minimum Gasteiger partial charge on any atom is -0.310 e.